The number of nitrogens with zero attached hydrogens (tertiary/aromatic N) is 2. The Morgan fingerprint density at radius 1 is 1.58 bits per heavy atom. The largest absolute Gasteiger partial charge is 0.381 e. The van der Waals surface area contributed by atoms with Gasteiger partial charge in [-0.3, -0.25) is 4.68 Å². The molecule has 0 bridgehead atoms. The van der Waals surface area contributed by atoms with E-state index in [9.17, 15) is 0 Å². The highest BCUT2D eigenvalue weighted by Gasteiger charge is 2.14. The summed E-state index contributed by atoms with van der Waals surface area (Å²) in [6, 6.07) is 0. The van der Waals surface area contributed by atoms with Crippen molar-refractivity contribution in [2.24, 2.45) is 0 Å². The summed E-state index contributed by atoms with van der Waals surface area (Å²) in [7, 11) is 0. The van der Waals surface area contributed by atoms with Crippen molar-refractivity contribution >= 4 is 21.7 Å². The number of nitrogen functional groups attached to an aromatic ring is 1. The van der Waals surface area contributed by atoms with E-state index in [1.54, 1.807) is 0 Å². The number of rotatable bonds is 0. The zero-order chi connectivity index (χ0) is 8.55. The van der Waals surface area contributed by atoms with E-state index in [2.05, 4.69) is 26.3 Å². The third-order valence-corrected chi connectivity index (χ3v) is 2.90. The van der Waals surface area contributed by atoms with Crippen LogP contribution in [0.5, 0.6) is 0 Å². The minimum atomic E-state index is 0.591. The number of nitrogens with one attached hydrogen (secondary N) is 1. The van der Waals surface area contributed by atoms with Crippen LogP contribution in [0.15, 0.2) is 4.47 Å². The highest BCUT2D eigenvalue weighted by molar-refractivity contribution is 9.10. The van der Waals surface area contributed by atoms with Crippen molar-refractivity contribution in [1.82, 2.24) is 15.1 Å². The van der Waals surface area contributed by atoms with Crippen LogP contribution < -0.4 is 11.1 Å². The predicted molar refractivity (Wildman–Crippen MR) is 50.7 cm³/mol. The van der Waals surface area contributed by atoms with Crippen LogP contribution in [0.4, 0.5) is 5.82 Å². The van der Waals surface area contributed by atoms with E-state index in [1.807, 2.05) is 4.68 Å². The number of aryl methyl sites for hydroxylation is 1. The summed E-state index contributed by atoms with van der Waals surface area (Å²) in [4.78, 5) is 0. The topological polar surface area (TPSA) is 55.9 Å². The van der Waals surface area contributed by atoms with Crippen molar-refractivity contribution in [3.05, 3.63) is 10.2 Å². The molecule has 0 saturated carbocycles. The Morgan fingerprint density at radius 3 is 3.25 bits per heavy atom. The molecule has 0 aromatic carbocycles. The van der Waals surface area contributed by atoms with Crippen LogP contribution in [-0.4, -0.2) is 16.3 Å². The number of aromatic nitrogens is 2. The fraction of sp³-hybridized carbons (Fsp3) is 0.571. The molecule has 0 aliphatic carbocycles. The predicted octanol–water partition coefficient (Wildman–Crippen LogP) is 0.721. The normalized spacial score (nSPS) is 17.1. The second-order valence-electron chi connectivity index (χ2n) is 2.90. The second-order valence-corrected chi connectivity index (χ2v) is 3.69. The van der Waals surface area contributed by atoms with Crippen LogP contribution >= 0.6 is 15.9 Å². The van der Waals surface area contributed by atoms with Gasteiger partial charge in [0.25, 0.3) is 0 Å². The van der Waals surface area contributed by atoms with Gasteiger partial charge in [0, 0.05) is 13.1 Å². The summed E-state index contributed by atoms with van der Waals surface area (Å²) >= 11 is 3.42. The number of hydrogen-bond donors (Lipinski definition) is 2. The van der Waals surface area contributed by atoms with Gasteiger partial charge in [-0.25, -0.2) is 0 Å². The molecule has 12 heavy (non-hydrogen) atoms. The van der Waals surface area contributed by atoms with Gasteiger partial charge in [-0.1, -0.05) is 0 Å². The van der Waals surface area contributed by atoms with Gasteiger partial charge >= 0.3 is 0 Å². The number of hydrogen-bond acceptors (Lipinski definition) is 3. The van der Waals surface area contributed by atoms with Crippen molar-refractivity contribution in [2.75, 3.05) is 12.3 Å². The van der Waals surface area contributed by atoms with Crippen LogP contribution in [0, 0.1) is 0 Å². The first-order valence-corrected chi connectivity index (χ1v) is 4.79. The van der Waals surface area contributed by atoms with Crippen molar-refractivity contribution in [3.8, 4) is 0 Å². The van der Waals surface area contributed by atoms with Gasteiger partial charge in [-0.05, 0) is 28.9 Å². The first-order valence-electron chi connectivity index (χ1n) is 4.00. The molecule has 1 aromatic heterocycles. The Morgan fingerprint density at radius 2 is 2.42 bits per heavy atom. The Bertz CT molecular complexity index is 294. The Balaban J connectivity index is 2.42. The molecule has 1 aromatic rings. The molecule has 0 atom stereocenters. The maximum absolute atomic E-state index is 5.66. The molecule has 0 saturated heterocycles. The van der Waals surface area contributed by atoms with Crippen LogP contribution in [0.2, 0.25) is 0 Å². The van der Waals surface area contributed by atoms with Gasteiger partial charge in [-0.2, -0.15) is 5.10 Å². The fourth-order valence-corrected chi connectivity index (χ4v) is 1.83. The third kappa shape index (κ3) is 1.23. The molecule has 0 unspecified atom stereocenters. The average Bonchev–Trinajstić information content (AvgIpc) is 2.30. The van der Waals surface area contributed by atoms with E-state index in [-0.39, 0.29) is 0 Å². The summed E-state index contributed by atoms with van der Waals surface area (Å²) in [6.45, 7) is 2.86. The molecule has 1 aliphatic heterocycles. The molecule has 2 rings (SSSR count). The summed E-state index contributed by atoms with van der Waals surface area (Å²) in [6.07, 6.45) is 1.11. The lowest BCUT2D eigenvalue weighted by atomic mass is 10.4. The maximum Gasteiger partial charge on any atom is 0.160 e. The number of fused-ring (bicyclic) bond motifs is 1. The standard InChI is InChI=1S/C7H11BrN4/c8-6-5-4-10-2-1-3-12(5)11-7(6)9/h10H,1-4H2,(H2,9,11). The van der Waals surface area contributed by atoms with Gasteiger partial charge in [0.1, 0.15) is 0 Å². The summed E-state index contributed by atoms with van der Waals surface area (Å²) in [5.74, 6) is 0.591. The van der Waals surface area contributed by atoms with E-state index in [1.165, 1.54) is 0 Å². The van der Waals surface area contributed by atoms with Crippen LogP contribution in [0.1, 0.15) is 12.1 Å². The second kappa shape index (κ2) is 3.06. The molecule has 0 spiro atoms. The number of halogens is 1. The molecule has 66 valence electrons. The number of anilines is 1. The molecule has 5 heteroatoms. The van der Waals surface area contributed by atoms with Crippen molar-refractivity contribution in [1.29, 1.82) is 0 Å². The van der Waals surface area contributed by atoms with Gasteiger partial charge in [0.05, 0.1) is 10.2 Å². The lowest BCUT2D eigenvalue weighted by molar-refractivity contribution is 0.589. The lowest BCUT2D eigenvalue weighted by Gasteiger charge is -1.99. The molecule has 4 nitrogen and oxygen atoms in total. The minimum Gasteiger partial charge on any atom is -0.381 e. The monoisotopic (exact) mass is 230 g/mol. The highest BCUT2D eigenvalue weighted by Crippen LogP contribution is 2.24. The summed E-state index contributed by atoms with van der Waals surface area (Å²) in [5, 5.41) is 7.53. The van der Waals surface area contributed by atoms with Crippen molar-refractivity contribution < 1.29 is 0 Å². The van der Waals surface area contributed by atoms with Crippen LogP contribution in [-0.2, 0) is 13.1 Å². The first-order chi connectivity index (χ1) is 5.79. The molecule has 2 heterocycles. The van der Waals surface area contributed by atoms with Crippen molar-refractivity contribution in [2.45, 2.75) is 19.5 Å². The Labute approximate surface area is 79.2 Å². The average molecular weight is 231 g/mol. The van der Waals surface area contributed by atoms with E-state index >= 15 is 0 Å². The van der Waals surface area contributed by atoms with E-state index in [4.69, 9.17) is 5.73 Å². The van der Waals surface area contributed by atoms with Crippen LogP contribution in [0.25, 0.3) is 0 Å². The quantitative estimate of drug-likeness (QED) is 0.691. The summed E-state index contributed by atoms with van der Waals surface area (Å²) < 4.78 is 2.91. The first kappa shape index (κ1) is 8.07. The highest BCUT2D eigenvalue weighted by atomic mass is 79.9. The molecule has 3 N–H and O–H groups in total. The zero-order valence-electron chi connectivity index (χ0n) is 6.68. The Kier molecular flexibility index (Phi) is 2.06. The molecular weight excluding hydrogens is 220 g/mol. The van der Waals surface area contributed by atoms with Gasteiger partial charge in [0.15, 0.2) is 5.82 Å². The molecular formula is C7H11BrN4. The third-order valence-electron chi connectivity index (χ3n) is 2.03. The number of nitrogens with two attached hydrogens (primary N) is 1. The molecule has 1 aliphatic rings. The Hall–Kier alpha value is -0.550. The van der Waals surface area contributed by atoms with Crippen LogP contribution in [0.3, 0.4) is 0 Å². The molecule has 0 amide bonds. The zero-order valence-corrected chi connectivity index (χ0v) is 8.26. The smallest absolute Gasteiger partial charge is 0.160 e. The summed E-state index contributed by atoms with van der Waals surface area (Å²) in [5.41, 5.74) is 6.82. The van der Waals surface area contributed by atoms with E-state index in [0.29, 0.717) is 5.82 Å². The van der Waals surface area contributed by atoms with Gasteiger partial charge in [-0.15, -0.1) is 0 Å². The maximum atomic E-state index is 5.66. The van der Waals surface area contributed by atoms with Gasteiger partial charge < -0.3 is 11.1 Å². The van der Waals surface area contributed by atoms with Crippen molar-refractivity contribution in [3.63, 3.8) is 0 Å². The van der Waals surface area contributed by atoms with Gasteiger partial charge in [0.2, 0.25) is 0 Å². The lowest BCUT2D eigenvalue weighted by Crippen LogP contribution is -2.12. The molecule has 0 radical (unpaired) electrons. The van der Waals surface area contributed by atoms with E-state index < -0.39 is 0 Å². The molecule has 0 fully saturated rings. The minimum absolute atomic E-state index is 0.591. The fourth-order valence-electron chi connectivity index (χ4n) is 1.41. The SMILES string of the molecule is Nc1nn2c(c1Br)CNCCC2. The van der Waals surface area contributed by atoms with E-state index in [0.717, 1.165) is 36.2 Å².